The summed E-state index contributed by atoms with van der Waals surface area (Å²) in [6.07, 6.45) is 6.72. The van der Waals surface area contributed by atoms with Crippen LogP contribution in [0.5, 0.6) is 0 Å². The van der Waals surface area contributed by atoms with Gasteiger partial charge in [0.25, 0.3) is 5.91 Å². The number of carbonyl (C=O) groups is 1. The van der Waals surface area contributed by atoms with Crippen LogP contribution in [0.2, 0.25) is 0 Å². The Morgan fingerprint density at radius 3 is 3.05 bits per heavy atom. The molecule has 0 bridgehead atoms. The monoisotopic (exact) mass is 302 g/mol. The summed E-state index contributed by atoms with van der Waals surface area (Å²) in [4.78, 5) is 12.1. The molecule has 0 spiro atoms. The van der Waals surface area contributed by atoms with Crippen LogP contribution in [0.25, 0.3) is 5.65 Å². The quantitative estimate of drug-likeness (QED) is 0.942. The van der Waals surface area contributed by atoms with E-state index >= 15 is 0 Å². The fraction of sp³-hybridized carbons (Fsp3) is 0.562. The van der Waals surface area contributed by atoms with Crippen LogP contribution in [-0.2, 0) is 9.53 Å². The van der Waals surface area contributed by atoms with Gasteiger partial charge in [-0.1, -0.05) is 19.8 Å². The smallest absolute Gasteiger partial charge is 0.252 e. The maximum absolute atomic E-state index is 12.1. The lowest BCUT2D eigenvalue weighted by Crippen LogP contribution is -2.30. The van der Waals surface area contributed by atoms with Crippen molar-refractivity contribution in [1.29, 1.82) is 0 Å². The van der Waals surface area contributed by atoms with Crippen LogP contribution in [0.4, 0.5) is 5.95 Å². The zero-order valence-electron chi connectivity index (χ0n) is 13.1. The molecule has 3 rings (SSSR count). The van der Waals surface area contributed by atoms with Gasteiger partial charge in [-0.3, -0.25) is 14.5 Å². The summed E-state index contributed by atoms with van der Waals surface area (Å²) in [5.41, 5.74) is 1.82. The molecule has 1 aliphatic carbocycles. The van der Waals surface area contributed by atoms with Crippen molar-refractivity contribution in [2.75, 3.05) is 11.9 Å². The molecular weight excluding hydrogens is 280 g/mol. The highest BCUT2D eigenvalue weighted by atomic mass is 16.5. The SMILES string of the molecule is Cc1ccn2c(NC(=O)COC3CCCCC3C)nnc2c1. The minimum absolute atomic E-state index is 0.0653. The standard InChI is InChI=1S/C16H22N4O2/c1-11-7-8-20-14(9-11)18-19-16(20)17-15(21)10-22-13-6-4-3-5-12(13)2/h7-9,12-13H,3-6,10H2,1-2H3,(H,17,19,21). The molecule has 6 nitrogen and oxygen atoms in total. The van der Waals surface area contributed by atoms with E-state index in [1.807, 2.05) is 25.3 Å². The number of pyridine rings is 1. The van der Waals surface area contributed by atoms with Gasteiger partial charge >= 0.3 is 0 Å². The zero-order valence-corrected chi connectivity index (χ0v) is 13.1. The van der Waals surface area contributed by atoms with E-state index in [4.69, 9.17) is 4.74 Å². The van der Waals surface area contributed by atoms with E-state index in [0.717, 1.165) is 17.6 Å². The summed E-state index contributed by atoms with van der Waals surface area (Å²) in [5.74, 6) is 0.770. The maximum atomic E-state index is 12.1. The normalized spacial score (nSPS) is 21.9. The van der Waals surface area contributed by atoms with E-state index in [2.05, 4.69) is 22.4 Å². The van der Waals surface area contributed by atoms with Crippen molar-refractivity contribution in [2.45, 2.75) is 45.6 Å². The van der Waals surface area contributed by atoms with Gasteiger partial charge in [0.1, 0.15) is 6.61 Å². The van der Waals surface area contributed by atoms with Gasteiger partial charge in [0.2, 0.25) is 5.95 Å². The Kier molecular flexibility index (Phi) is 4.38. The van der Waals surface area contributed by atoms with Gasteiger partial charge in [-0.2, -0.15) is 0 Å². The maximum Gasteiger partial charge on any atom is 0.252 e. The molecular formula is C16H22N4O2. The van der Waals surface area contributed by atoms with E-state index in [1.54, 1.807) is 4.40 Å². The molecule has 1 N–H and O–H groups in total. The number of amides is 1. The fourth-order valence-corrected chi connectivity index (χ4v) is 2.95. The average Bonchev–Trinajstić information content (AvgIpc) is 2.88. The third-order valence-electron chi connectivity index (χ3n) is 4.28. The summed E-state index contributed by atoms with van der Waals surface area (Å²) >= 11 is 0. The van der Waals surface area contributed by atoms with Crippen LogP contribution in [-0.4, -0.2) is 33.2 Å². The van der Waals surface area contributed by atoms with E-state index in [9.17, 15) is 4.79 Å². The number of hydrogen-bond donors (Lipinski definition) is 1. The number of nitrogens with one attached hydrogen (secondary N) is 1. The van der Waals surface area contributed by atoms with Crippen molar-refractivity contribution in [3.63, 3.8) is 0 Å². The largest absolute Gasteiger partial charge is 0.368 e. The summed E-state index contributed by atoms with van der Waals surface area (Å²) in [7, 11) is 0. The van der Waals surface area contributed by atoms with Crippen LogP contribution in [0, 0.1) is 12.8 Å². The van der Waals surface area contributed by atoms with Gasteiger partial charge in [-0.15, -0.1) is 10.2 Å². The number of anilines is 1. The predicted molar refractivity (Wildman–Crippen MR) is 83.7 cm³/mol. The second-order valence-electron chi connectivity index (χ2n) is 6.12. The molecule has 0 radical (unpaired) electrons. The highest BCUT2D eigenvalue weighted by Gasteiger charge is 2.22. The van der Waals surface area contributed by atoms with E-state index in [-0.39, 0.29) is 18.6 Å². The molecule has 2 atom stereocenters. The van der Waals surface area contributed by atoms with E-state index < -0.39 is 0 Å². The number of rotatable bonds is 4. The van der Waals surface area contributed by atoms with Crippen molar-refractivity contribution < 1.29 is 9.53 Å². The second-order valence-corrected chi connectivity index (χ2v) is 6.12. The Morgan fingerprint density at radius 2 is 2.23 bits per heavy atom. The Labute approximate surface area is 129 Å². The first-order valence-corrected chi connectivity index (χ1v) is 7.86. The van der Waals surface area contributed by atoms with Gasteiger partial charge in [-0.25, -0.2) is 0 Å². The molecule has 1 fully saturated rings. The van der Waals surface area contributed by atoms with Crippen LogP contribution >= 0.6 is 0 Å². The van der Waals surface area contributed by atoms with E-state index in [1.165, 1.54) is 19.3 Å². The van der Waals surface area contributed by atoms with Crippen molar-refractivity contribution in [3.05, 3.63) is 23.9 Å². The van der Waals surface area contributed by atoms with Crippen molar-refractivity contribution in [2.24, 2.45) is 5.92 Å². The third kappa shape index (κ3) is 3.27. The average molecular weight is 302 g/mol. The summed E-state index contributed by atoms with van der Waals surface area (Å²) < 4.78 is 7.53. The van der Waals surface area contributed by atoms with Crippen LogP contribution in [0.1, 0.15) is 38.2 Å². The van der Waals surface area contributed by atoms with Gasteiger partial charge in [0, 0.05) is 6.20 Å². The summed E-state index contributed by atoms with van der Waals surface area (Å²) in [5, 5.41) is 10.8. The van der Waals surface area contributed by atoms with Gasteiger partial charge < -0.3 is 4.74 Å². The van der Waals surface area contributed by atoms with E-state index in [0.29, 0.717) is 11.9 Å². The lowest BCUT2D eigenvalue weighted by molar-refractivity contribution is -0.124. The van der Waals surface area contributed by atoms with Gasteiger partial charge in [0.15, 0.2) is 5.65 Å². The number of ether oxygens (including phenoxy) is 1. The van der Waals surface area contributed by atoms with Gasteiger partial charge in [-0.05, 0) is 43.4 Å². The fourth-order valence-electron chi connectivity index (χ4n) is 2.95. The molecule has 2 aromatic rings. The minimum Gasteiger partial charge on any atom is -0.368 e. The predicted octanol–water partition coefficient (Wildman–Crippen LogP) is 2.57. The lowest BCUT2D eigenvalue weighted by atomic mass is 9.88. The first-order valence-electron chi connectivity index (χ1n) is 7.86. The number of fused-ring (bicyclic) bond motifs is 1. The minimum atomic E-state index is -0.187. The Balaban J connectivity index is 1.59. The second kappa shape index (κ2) is 6.44. The molecule has 118 valence electrons. The topological polar surface area (TPSA) is 68.5 Å². The van der Waals surface area contributed by atoms with Gasteiger partial charge in [0.05, 0.1) is 6.10 Å². The zero-order chi connectivity index (χ0) is 15.5. The molecule has 6 heteroatoms. The first kappa shape index (κ1) is 15.0. The van der Waals surface area contributed by atoms with Crippen molar-refractivity contribution in [1.82, 2.24) is 14.6 Å². The number of carbonyl (C=O) groups excluding carboxylic acids is 1. The van der Waals surface area contributed by atoms with Crippen LogP contribution < -0.4 is 5.32 Å². The molecule has 1 amide bonds. The Hall–Kier alpha value is -1.95. The summed E-state index contributed by atoms with van der Waals surface area (Å²) in [6.45, 7) is 4.25. The number of aromatic nitrogens is 3. The molecule has 2 aromatic heterocycles. The Bertz CT molecular complexity index is 667. The Morgan fingerprint density at radius 1 is 1.41 bits per heavy atom. The first-order chi connectivity index (χ1) is 10.6. The molecule has 22 heavy (non-hydrogen) atoms. The molecule has 1 aliphatic rings. The van der Waals surface area contributed by atoms with Crippen molar-refractivity contribution in [3.8, 4) is 0 Å². The molecule has 2 unspecified atom stereocenters. The van der Waals surface area contributed by atoms with Crippen LogP contribution in [0.3, 0.4) is 0 Å². The summed E-state index contributed by atoms with van der Waals surface area (Å²) in [6, 6.07) is 3.87. The molecule has 1 saturated carbocycles. The molecule has 0 saturated heterocycles. The molecule has 2 heterocycles. The highest BCUT2D eigenvalue weighted by molar-refractivity contribution is 5.90. The van der Waals surface area contributed by atoms with Crippen LogP contribution in [0.15, 0.2) is 18.3 Å². The number of nitrogens with zero attached hydrogens (tertiary/aromatic N) is 3. The number of hydrogen-bond acceptors (Lipinski definition) is 4. The molecule has 0 aromatic carbocycles. The number of aryl methyl sites for hydroxylation is 1. The highest BCUT2D eigenvalue weighted by Crippen LogP contribution is 2.26. The van der Waals surface area contributed by atoms with Crippen molar-refractivity contribution >= 4 is 17.5 Å². The third-order valence-corrected chi connectivity index (χ3v) is 4.28. The lowest BCUT2D eigenvalue weighted by Gasteiger charge is -2.28. The molecule has 0 aliphatic heterocycles.